The van der Waals surface area contributed by atoms with Gasteiger partial charge in [-0.1, -0.05) is 53.2 Å². The second-order valence-electron chi connectivity index (χ2n) is 6.14. The number of nitrogens with zero attached hydrogens (tertiary/aromatic N) is 4. The van der Waals surface area contributed by atoms with Crippen molar-refractivity contribution in [2.24, 2.45) is 7.05 Å². The zero-order valence-corrected chi connectivity index (χ0v) is 16.5. The predicted molar refractivity (Wildman–Crippen MR) is 108 cm³/mol. The molecule has 0 saturated carbocycles. The highest BCUT2D eigenvalue weighted by Gasteiger charge is 2.14. The van der Waals surface area contributed by atoms with Gasteiger partial charge in [0.1, 0.15) is 6.26 Å². The minimum absolute atomic E-state index is 0.625. The van der Waals surface area contributed by atoms with E-state index >= 15 is 0 Å². The Morgan fingerprint density at radius 2 is 1.85 bits per heavy atom. The molecule has 0 fully saturated rings. The fourth-order valence-electron chi connectivity index (χ4n) is 2.66. The molecule has 2 aromatic carbocycles. The van der Waals surface area contributed by atoms with Crippen LogP contribution in [-0.2, 0) is 12.8 Å². The lowest BCUT2D eigenvalue weighted by atomic mass is 10.1. The maximum Gasteiger partial charge on any atom is 0.226 e. The standard InChI is InChI=1S/C20H17ClN4OS/c1-13-7-9-14(10-8-13)19-22-15(11-26-19)12-27-20-24-23-18(25(20)2)16-5-3-4-6-17(16)21/h3-11H,12H2,1-2H3. The van der Waals surface area contributed by atoms with Gasteiger partial charge in [-0.25, -0.2) is 4.98 Å². The molecule has 2 heterocycles. The first kappa shape index (κ1) is 17.8. The molecule has 0 radical (unpaired) electrons. The van der Waals surface area contributed by atoms with Crippen LogP contribution >= 0.6 is 23.4 Å². The minimum Gasteiger partial charge on any atom is -0.444 e. The van der Waals surface area contributed by atoms with Crippen LogP contribution in [0.1, 0.15) is 11.3 Å². The van der Waals surface area contributed by atoms with E-state index in [4.69, 9.17) is 16.0 Å². The normalized spacial score (nSPS) is 11.1. The van der Waals surface area contributed by atoms with E-state index in [9.17, 15) is 0 Å². The highest BCUT2D eigenvalue weighted by molar-refractivity contribution is 7.98. The SMILES string of the molecule is Cc1ccc(-c2nc(CSc3nnc(-c4ccccc4Cl)n3C)co2)cc1. The molecule has 2 aromatic heterocycles. The Morgan fingerprint density at radius 3 is 2.63 bits per heavy atom. The van der Waals surface area contributed by atoms with Gasteiger partial charge in [0.2, 0.25) is 5.89 Å². The summed E-state index contributed by atoms with van der Waals surface area (Å²) in [7, 11) is 1.93. The summed E-state index contributed by atoms with van der Waals surface area (Å²) < 4.78 is 7.55. The topological polar surface area (TPSA) is 56.7 Å². The minimum atomic E-state index is 0.625. The van der Waals surface area contributed by atoms with Crippen LogP contribution in [-0.4, -0.2) is 19.7 Å². The van der Waals surface area contributed by atoms with E-state index in [1.54, 1.807) is 18.0 Å². The number of thioether (sulfide) groups is 1. The Morgan fingerprint density at radius 1 is 1.07 bits per heavy atom. The number of benzene rings is 2. The average molecular weight is 397 g/mol. The van der Waals surface area contributed by atoms with Crippen molar-refractivity contribution in [3.63, 3.8) is 0 Å². The van der Waals surface area contributed by atoms with Gasteiger partial charge >= 0.3 is 0 Å². The highest BCUT2D eigenvalue weighted by atomic mass is 35.5. The molecule has 7 heteroatoms. The Balaban J connectivity index is 1.49. The van der Waals surface area contributed by atoms with Crippen molar-refractivity contribution in [2.75, 3.05) is 0 Å². The third-order valence-electron chi connectivity index (χ3n) is 4.15. The maximum absolute atomic E-state index is 6.27. The van der Waals surface area contributed by atoms with Crippen LogP contribution in [0.15, 0.2) is 64.4 Å². The summed E-state index contributed by atoms with van der Waals surface area (Å²) >= 11 is 7.83. The quantitative estimate of drug-likeness (QED) is 0.423. The van der Waals surface area contributed by atoms with Crippen molar-refractivity contribution < 1.29 is 4.42 Å². The number of aromatic nitrogens is 4. The van der Waals surface area contributed by atoms with Crippen molar-refractivity contribution in [2.45, 2.75) is 17.8 Å². The van der Waals surface area contributed by atoms with Crippen LogP contribution in [0.3, 0.4) is 0 Å². The van der Waals surface area contributed by atoms with Gasteiger partial charge in [0, 0.05) is 23.9 Å². The molecule has 4 aromatic rings. The maximum atomic E-state index is 6.27. The van der Waals surface area contributed by atoms with Gasteiger partial charge in [0.15, 0.2) is 11.0 Å². The second-order valence-corrected chi connectivity index (χ2v) is 7.49. The van der Waals surface area contributed by atoms with Gasteiger partial charge < -0.3 is 8.98 Å². The lowest BCUT2D eigenvalue weighted by molar-refractivity contribution is 0.573. The van der Waals surface area contributed by atoms with Crippen molar-refractivity contribution in [1.82, 2.24) is 19.7 Å². The summed E-state index contributed by atoms with van der Waals surface area (Å²) in [6.07, 6.45) is 1.69. The lowest BCUT2D eigenvalue weighted by Gasteiger charge is -2.04. The molecule has 0 spiro atoms. The largest absolute Gasteiger partial charge is 0.444 e. The molecule has 0 atom stereocenters. The molecule has 0 saturated heterocycles. The summed E-state index contributed by atoms with van der Waals surface area (Å²) in [5.74, 6) is 2.01. The number of hydrogen-bond acceptors (Lipinski definition) is 5. The van der Waals surface area contributed by atoms with Gasteiger partial charge in [-0.2, -0.15) is 0 Å². The van der Waals surface area contributed by atoms with E-state index in [0.29, 0.717) is 16.7 Å². The summed E-state index contributed by atoms with van der Waals surface area (Å²) in [5, 5.41) is 10.0. The van der Waals surface area contributed by atoms with Gasteiger partial charge in [-0.3, -0.25) is 0 Å². The van der Waals surface area contributed by atoms with Crippen LogP contribution in [0.25, 0.3) is 22.8 Å². The number of oxazole rings is 1. The molecular weight excluding hydrogens is 380 g/mol. The number of rotatable bonds is 5. The molecule has 0 aliphatic carbocycles. The van der Waals surface area contributed by atoms with Crippen molar-refractivity contribution in [1.29, 1.82) is 0 Å². The van der Waals surface area contributed by atoms with Crippen molar-refractivity contribution in [3.8, 4) is 22.8 Å². The number of aryl methyl sites for hydroxylation is 1. The molecular formula is C20H17ClN4OS. The lowest BCUT2D eigenvalue weighted by Crippen LogP contribution is -1.95. The zero-order chi connectivity index (χ0) is 18.8. The first-order valence-corrected chi connectivity index (χ1v) is 9.76. The zero-order valence-electron chi connectivity index (χ0n) is 14.9. The Kier molecular flexibility index (Phi) is 5.01. The van der Waals surface area contributed by atoms with Crippen molar-refractivity contribution in [3.05, 3.63) is 71.1 Å². The molecule has 0 bridgehead atoms. The number of halogens is 1. The monoisotopic (exact) mass is 396 g/mol. The molecule has 4 rings (SSSR count). The fourth-order valence-corrected chi connectivity index (χ4v) is 3.67. The molecule has 5 nitrogen and oxygen atoms in total. The first-order valence-electron chi connectivity index (χ1n) is 8.40. The van der Waals surface area contributed by atoms with Crippen LogP contribution < -0.4 is 0 Å². The Labute approximate surface area is 166 Å². The van der Waals surface area contributed by atoms with E-state index in [1.165, 1.54) is 5.56 Å². The second kappa shape index (κ2) is 7.58. The Hall–Kier alpha value is -2.57. The smallest absolute Gasteiger partial charge is 0.226 e. The van der Waals surface area contributed by atoms with Crippen LogP contribution in [0.4, 0.5) is 0 Å². The van der Waals surface area contributed by atoms with E-state index < -0.39 is 0 Å². The highest BCUT2D eigenvalue weighted by Crippen LogP contribution is 2.29. The van der Waals surface area contributed by atoms with E-state index in [1.807, 2.05) is 60.1 Å². The molecule has 0 amide bonds. The summed E-state index contributed by atoms with van der Waals surface area (Å²) in [4.78, 5) is 4.57. The number of hydrogen-bond donors (Lipinski definition) is 0. The molecule has 0 unspecified atom stereocenters. The fraction of sp³-hybridized carbons (Fsp3) is 0.150. The van der Waals surface area contributed by atoms with Gasteiger partial charge in [0.05, 0.1) is 10.7 Å². The van der Waals surface area contributed by atoms with Crippen LogP contribution in [0, 0.1) is 6.92 Å². The van der Waals surface area contributed by atoms with E-state index in [0.717, 1.165) is 27.8 Å². The molecule has 0 aliphatic heterocycles. The Bertz CT molecular complexity index is 1070. The van der Waals surface area contributed by atoms with Crippen LogP contribution in [0.5, 0.6) is 0 Å². The van der Waals surface area contributed by atoms with E-state index in [2.05, 4.69) is 22.1 Å². The predicted octanol–water partition coefficient (Wildman–Crippen LogP) is 5.39. The van der Waals surface area contributed by atoms with Crippen molar-refractivity contribution >= 4 is 23.4 Å². The third kappa shape index (κ3) is 3.77. The summed E-state index contributed by atoms with van der Waals surface area (Å²) in [5.41, 5.74) is 3.90. The average Bonchev–Trinajstić information content (AvgIpc) is 3.28. The summed E-state index contributed by atoms with van der Waals surface area (Å²) in [6, 6.07) is 15.7. The van der Waals surface area contributed by atoms with Crippen LogP contribution in [0.2, 0.25) is 5.02 Å². The third-order valence-corrected chi connectivity index (χ3v) is 5.53. The first-order chi connectivity index (χ1) is 13.1. The molecule has 27 heavy (non-hydrogen) atoms. The molecule has 0 N–H and O–H groups in total. The van der Waals surface area contributed by atoms with E-state index in [-0.39, 0.29) is 0 Å². The summed E-state index contributed by atoms with van der Waals surface area (Å²) in [6.45, 7) is 2.05. The van der Waals surface area contributed by atoms with Gasteiger partial charge in [-0.05, 0) is 31.2 Å². The van der Waals surface area contributed by atoms with Gasteiger partial charge in [-0.15, -0.1) is 10.2 Å². The van der Waals surface area contributed by atoms with Gasteiger partial charge in [0.25, 0.3) is 0 Å². The molecule has 136 valence electrons. The molecule has 0 aliphatic rings.